The molecule has 0 saturated carbocycles. The third-order valence-electron chi connectivity index (χ3n) is 5.82. The molecule has 0 radical (unpaired) electrons. The van der Waals surface area contributed by atoms with E-state index < -0.39 is 5.41 Å². The maximum absolute atomic E-state index is 13.7. The minimum absolute atomic E-state index is 0.199. The zero-order valence-electron chi connectivity index (χ0n) is 15.3. The Morgan fingerprint density at radius 2 is 1.67 bits per heavy atom. The predicted molar refractivity (Wildman–Crippen MR) is 95.8 cm³/mol. The zero-order chi connectivity index (χ0) is 19.1. The number of allylic oxidation sites excluding steroid dienone is 2. The number of nitrogens with one attached hydrogen (secondary N) is 1. The molecular weight excluding hydrogens is 344 g/mol. The molecule has 0 amide bonds. The number of Topliss-reactive ketones (excluding diaryl/α,β-unsaturated/α-hetero) is 3. The fraction of sp³-hybridized carbons (Fsp3) is 0.333. The summed E-state index contributed by atoms with van der Waals surface area (Å²) in [6.45, 7) is 5.69. The highest BCUT2D eigenvalue weighted by atomic mass is 16.5. The summed E-state index contributed by atoms with van der Waals surface area (Å²) in [5.41, 5.74) is -0.163. The number of carbonyl (C=O) groups excluding carboxylic acids is 3. The van der Waals surface area contributed by atoms with E-state index in [0.717, 1.165) is 0 Å². The average Bonchev–Trinajstić information content (AvgIpc) is 3.07. The van der Waals surface area contributed by atoms with Crippen molar-refractivity contribution in [2.24, 2.45) is 5.41 Å². The quantitative estimate of drug-likeness (QED) is 0.728. The Kier molecular flexibility index (Phi) is 2.89. The molecule has 0 saturated heterocycles. The number of aromatic nitrogens is 2. The van der Waals surface area contributed by atoms with Crippen LogP contribution in [0.4, 0.5) is 0 Å². The summed E-state index contributed by atoms with van der Waals surface area (Å²) >= 11 is 0. The lowest BCUT2D eigenvalue weighted by molar-refractivity contribution is -0.119. The number of aryl methyl sites for hydroxylation is 1. The Bertz CT molecular complexity index is 1070. The third kappa shape index (κ3) is 1.80. The molecule has 6 heteroatoms. The number of ether oxygens (including phenoxy) is 1. The van der Waals surface area contributed by atoms with Crippen LogP contribution in [-0.2, 0) is 10.2 Å². The normalized spacial score (nSPS) is 21.8. The van der Waals surface area contributed by atoms with Crippen molar-refractivity contribution < 1.29 is 19.1 Å². The molecule has 2 aliphatic carbocycles. The highest BCUT2D eigenvalue weighted by Crippen LogP contribution is 2.55. The number of H-pyrrole nitrogens is 1. The van der Waals surface area contributed by atoms with E-state index in [1.165, 1.54) is 0 Å². The van der Waals surface area contributed by atoms with Gasteiger partial charge in [0.1, 0.15) is 5.76 Å². The number of rotatable bonds is 0. The summed E-state index contributed by atoms with van der Waals surface area (Å²) in [6.07, 6.45) is 0.734. The second-order valence-electron chi connectivity index (χ2n) is 8.32. The van der Waals surface area contributed by atoms with Crippen molar-refractivity contribution in [2.45, 2.75) is 39.0 Å². The van der Waals surface area contributed by atoms with E-state index in [1.54, 1.807) is 31.2 Å². The monoisotopic (exact) mass is 362 g/mol. The number of hydrogen-bond donors (Lipinski definition) is 1. The SMILES string of the molecule is Cc1[nH]nc2c1C1(C(=O)c3ccccc3C1=O)C1=C(CC(C)(C)CC1=O)O2. The van der Waals surface area contributed by atoms with Crippen molar-refractivity contribution >= 4 is 17.3 Å². The van der Waals surface area contributed by atoms with Crippen LogP contribution in [0.3, 0.4) is 0 Å². The van der Waals surface area contributed by atoms with Gasteiger partial charge < -0.3 is 4.74 Å². The number of hydrogen-bond acceptors (Lipinski definition) is 5. The van der Waals surface area contributed by atoms with Gasteiger partial charge in [-0.15, -0.1) is 5.10 Å². The molecule has 2 heterocycles. The standard InChI is InChI=1S/C21H18N2O4/c1-10-15-19(23-22-10)27-14-9-20(2,3)8-13(24)16(14)21(15)17(25)11-6-4-5-7-12(11)18(21)26/h4-7H,8-9H2,1-3H3,(H,22,23). The van der Waals surface area contributed by atoms with E-state index in [2.05, 4.69) is 10.2 Å². The van der Waals surface area contributed by atoms with Gasteiger partial charge in [-0.3, -0.25) is 19.5 Å². The summed E-state index contributed by atoms with van der Waals surface area (Å²) in [6, 6.07) is 6.75. The van der Waals surface area contributed by atoms with Crippen LogP contribution in [0, 0.1) is 12.3 Å². The van der Waals surface area contributed by atoms with Gasteiger partial charge in [0.25, 0.3) is 0 Å². The lowest BCUT2D eigenvalue weighted by Gasteiger charge is -2.40. The number of nitrogens with zero attached hydrogens (tertiary/aromatic N) is 1. The van der Waals surface area contributed by atoms with Gasteiger partial charge >= 0.3 is 0 Å². The van der Waals surface area contributed by atoms with Crippen LogP contribution >= 0.6 is 0 Å². The number of ketones is 3. The Labute approximate surface area is 155 Å². The van der Waals surface area contributed by atoms with E-state index in [1.807, 2.05) is 13.8 Å². The molecule has 3 aliphatic rings. The van der Waals surface area contributed by atoms with Crippen molar-refractivity contribution in [2.75, 3.05) is 0 Å². The van der Waals surface area contributed by atoms with E-state index in [9.17, 15) is 14.4 Å². The maximum atomic E-state index is 13.7. The highest BCUT2D eigenvalue weighted by molar-refractivity contribution is 6.38. The van der Waals surface area contributed by atoms with Gasteiger partial charge in [0.05, 0.1) is 11.1 Å². The first-order chi connectivity index (χ1) is 12.8. The topological polar surface area (TPSA) is 89.1 Å². The Balaban J connectivity index is 1.89. The van der Waals surface area contributed by atoms with Gasteiger partial charge in [-0.1, -0.05) is 38.1 Å². The number of benzene rings is 1. The Morgan fingerprint density at radius 1 is 1.04 bits per heavy atom. The van der Waals surface area contributed by atoms with Crippen LogP contribution in [0.2, 0.25) is 0 Å². The van der Waals surface area contributed by atoms with Crippen molar-refractivity contribution in [1.82, 2.24) is 10.2 Å². The molecule has 1 aromatic heterocycles. The van der Waals surface area contributed by atoms with Crippen molar-refractivity contribution in [3.05, 3.63) is 58.0 Å². The molecule has 0 fully saturated rings. The van der Waals surface area contributed by atoms with E-state index >= 15 is 0 Å². The van der Waals surface area contributed by atoms with Crippen molar-refractivity contribution in [1.29, 1.82) is 0 Å². The first-order valence-electron chi connectivity index (χ1n) is 8.96. The Morgan fingerprint density at radius 3 is 2.30 bits per heavy atom. The summed E-state index contributed by atoms with van der Waals surface area (Å²) < 4.78 is 5.96. The van der Waals surface area contributed by atoms with E-state index in [0.29, 0.717) is 34.6 Å². The second-order valence-corrected chi connectivity index (χ2v) is 8.32. The molecule has 0 atom stereocenters. The minimum Gasteiger partial charge on any atom is -0.441 e. The molecule has 0 bridgehead atoms. The summed E-state index contributed by atoms with van der Waals surface area (Å²) in [7, 11) is 0. The lowest BCUT2D eigenvalue weighted by atomic mass is 9.62. The summed E-state index contributed by atoms with van der Waals surface area (Å²) in [4.78, 5) is 40.5. The van der Waals surface area contributed by atoms with E-state index in [-0.39, 0.29) is 40.6 Å². The molecule has 1 N–H and O–H groups in total. The molecule has 27 heavy (non-hydrogen) atoms. The minimum atomic E-state index is -1.68. The Hall–Kier alpha value is -3.02. The molecule has 6 nitrogen and oxygen atoms in total. The smallest absolute Gasteiger partial charge is 0.243 e. The van der Waals surface area contributed by atoms with Gasteiger partial charge in [0.15, 0.2) is 22.8 Å². The maximum Gasteiger partial charge on any atom is 0.243 e. The first kappa shape index (κ1) is 16.2. The largest absolute Gasteiger partial charge is 0.441 e. The van der Waals surface area contributed by atoms with Crippen LogP contribution in [0.25, 0.3) is 0 Å². The first-order valence-corrected chi connectivity index (χ1v) is 8.96. The van der Waals surface area contributed by atoms with E-state index in [4.69, 9.17) is 4.74 Å². The van der Waals surface area contributed by atoms with Gasteiger partial charge in [-0.25, -0.2) is 0 Å². The molecule has 5 rings (SSSR count). The molecule has 1 spiro atoms. The third-order valence-corrected chi connectivity index (χ3v) is 5.82. The molecule has 2 aromatic rings. The van der Waals surface area contributed by atoms with Crippen LogP contribution in [0.1, 0.15) is 58.7 Å². The van der Waals surface area contributed by atoms with Crippen LogP contribution in [0.15, 0.2) is 35.6 Å². The zero-order valence-corrected chi connectivity index (χ0v) is 15.3. The van der Waals surface area contributed by atoms with Gasteiger partial charge in [-0.05, 0) is 12.3 Å². The molecule has 136 valence electrons. The molecular formula is C21H18N2O4. The summed E-state index contributed by atoms with van der Waals surface area (Å²) in [5, 5.41) is 7.00. The van der Waals surface area contributed by atoms with Crippen molar-refractivity contribution in [3.63, 3.8) is 0 Å². The van der Waals surface area contributed by atoms with Crippen LogP contribution in [-0.4, -0.2) is 27.5 Å². The van der Waals surface area contributed by atoms with Gasteiger partial charge in [-0.2, -0.15) is 0 Å². The number of carbonyl (C=O) groups is 3. The lowest BCUT2D eigenvalue weighted by Crippen LogP contribution is -2.49. The fourth-order valence-electron chi connectivity index (χ4n) is 4.77. The average molecular weight is 362 g/mol. The van der Waals surface area contributed by atoms with Crippen LogP contribution < -0.4 is 4.74 Å². The van der Waals surface area contributed by atoms with Crippen molar-refractivity contribution in [3.8, 4) is 5.88 Å². The van der Waals surface area contributed by atoms with Crippen LogP contribution in [0.5, 0.6) is 5.88 Å². The molecule has 1 aliphatic heterocycles. The summed E-state index contributed by atoms with van der Waals surface area (Å²) in [5.74, 6) is -0.326. The molecule has 1 aromatic carbocycles. The van der Waals surface area contributed by atoms with Gasteiger partial charge in [0.2, 0.25) is 5.88 Å². The molecule has 0 unspecified atom stereocenters. The number of fused-ring (bicyclic) bond motifs is 4. The fourth-order valence-corrected chi connectivity index (χ4v) is 4.77. The van der Waals surface area contributed by atoms with Gasteiger partial charge in [0, 0.05) is 29.7 Å². The highest BCUT2D eigenvalue weighted by Gasteiger charge is 2.64. The second kappa shape index (κ2) is 4.82. The number of aromatic amines is 1. The predicted octanol–water partition coefficient (Wildman–Crippen LogP) is 3.07.